The normalized spacial score (nSPS) is 12.5. The number of hydrogen-bond acceptors (Lipinski definition) is 10. The van der Waals surface area contributed by atoms with Crippen molar-refractivity contribution in [3.63, 3.8) is 0 Å². The van der Waals surface area contributed by atoms with Crippen LogP contribution in [0.15, 0.2) is 0 Å². The summed E-state index contributed by atoms with van der Waals surface area (Å²) in [5, 5.41) is 0. The zero-order chi connectivity index (χ0) is 17.1. The lowest BCUT2D eigenvalue weighted by molar-refractivity contribution is -0.345. The molecule has 1 aromatic heterocycles. The van der Waals surface area contributed by atoms with Crippen LogP contribution in [0.1, 0.15) is 20.8 Å². The van der Waals surface area contributed by atoms with Crippen molar-refractivity contribution in [1.82, 2.24) is 15.0 Å². The van der Waals surface area contributed by atoms with Crippen LogP contribution in [-0.4, -0.2) is 18.4 Å². The number of alkyl halides is 2. The van der Waals surface area contributed by atoms with Gasteiger partial charge >= 0.3 is 0 Å². The maximum Gasteiger partial charge on any atom is 0.226 e. The molecular formula is C8H15Br2N6O4P-2. The van der Waals surface area contributed by atoms with Gasteiger partial charge in [0.1, 0.15) is 0 Å². The van der Waals surface area contributed by atoms with Crippen LogP contribution in [-0.2, 0) is 9.09 Å². The van der Waals surface area contributed by atoms with Crippen molar-refractivity contribution in [2.45, 2.75) is 24.2 Å². The minimum absolute atomic E-state index is 0.0417. The van der Waals surface area contributed by atoms with E-state index in [1.165, 1.54) is 0 Å². The van der Waals surface area contributed by atoms with E-state index in [1.54, 1.807) is 20.8 Å². The van der Waals surface area contributed by atoms with Crippen molar-refractivity contribution in [3.05, 3.63) is 0 Å². The molecule has 10 nitrogen and oxygen atoms in total. The molecule has 0 aliphatic carbocycles. The van der Waals surface area contributed by atoms with Crippen molar-refractivity contribution < 1.29 is 18.9 Å². The number of anilines is 3. The van der Waals surface area contributed by atoms with Crippen molar-refractivity contribution in [3.8, 4) is 0 Å². The van der Waals surface area contributed by atoms with E-state index in [4.69, 9.17) is 17.2 Å². The number of phosphoric acid groups is 1. The molecule has 0 saturated heterocycles. The average Bonchev–Trinajstić information content (AvgIpc) is 2.08. The molecule has 0 atom stereocenters. The topological polar surface area (TPSA) is 189 Å². The molecule has 0 aliphatic rings. The molecule has 0 aromatic carbocycles. The number of aromatic nitrogens is 3. The first-order chi connectivity index (χ1) is 9.14. The highest BCUT2D eigenvalue weighted by Gasteiger charge is 2.39. The minimum atomic E-state index is -4.98. The van der Waals surface area contributed by atoms with E-state index in [-0.39, 0.29) is 17.8 Å². The Morgan fingerprint density at radius 3 is 1.43 bits per heavy atom. The molecular weight excluding hydrogens is 435 g/mol. The van der Waals surface area contributed by atoms with E-state index in [2.05, 4.69) is 51.3 Å². The summed E-state index contributed by atoms with van der Waals surface area (Å²) in [5.41, 5.74) is 14.9. The van der Waals surface area contributed by atoms with Gasteiger partial charge in [0.2, 0.25) is 17.8 Å². The zero-order valence-corrected chi connectivity index (χ0v) is 15.5. The minimum Gasteiger partial charge on any atom is -0.790 e. The average molecular weight is 450 g/mol. The molecule has 0 amide bonds. The van der Waals surface area contributed by atoms with Gasteiger partial charge in [0.15, 0.2) is 3.42 Å². The fraction of sp³-hybridized carbons (Fsp3) is 0.625. The zero-order valence-electron chi connectivity index (χ0n) is 11.4. The van der Waals surface area contributed by atoms with Gasteiger partial charge in [-0.15, -0.1) is 0 Å². The Morgan fingerprint density at radius 1 is 1.00 bits per heavy atom. The van der Waals surface area contributed by atoms with E-state index >= 15 is 0 Å². The Morgan fingerprint density at radius 2 is 1.29 bits per heavy atom. The van der Waals surface area contributed by atoms with Crippen LogP contribution >= 0.6 is 39.7 Å². The molecule has 122 valence electrons. The molecule has 0 bridgehead atoms. The first-order valence-corrected chi connectivity index (χ1v) is 8.32. The van der Waals surface area contributed by atoms with Crippen LogP contribution in [0.5, 0.6) is 0 Å². The summed E-state index contributed by atoms with van der Waals surface area (Å²) in [6.45, 7) is 5.14. The van der Waals surface area contributed by atoms with Crippen LogP contribution in [0.25, 0.3) is 0 Å². The van der Waals surface area contributed by atoms with Gasteiger partial charge in [0.25, 0.3) is 0 Å². The number of nitrogen functional groups attached to an aromatic ring is 3. The fourth-order valence-corrected chi connectivity index (χ4v) is 2.32. The first-order valence-electron chi connectivity index (χ1n) is 5.27. The standard InChI is InChI=1S/C5H11Br2O4P.C3H6N6/c1-4(2,3)5(6,7)11-12(8,9)10;4-1-7-2(5)9-3(6)8-1/h1-3H3,(H2,8,9,10);(H6,4,5,6,7,8,9)/p-2. The lowest BCUT2D eigenvalue weighted by Gasteiger charge is -2.42. The quantitative estimate of drug-likeness (QED) is 0.407. The molecule has 0 spiro atoms. The molecule has 1 rings (SSSR count). The predicted octanol–water partition coefficient (Wildman–Crippen LogP) is -0.0604. The summed E-state index contributed by atoms with van der Waals surface area (Å²) in [6, 6.07) is 0. The molecule has 0 fully saturated rings. The van der Waals surface area contributed by atoms with Crippen LogP contribution in [0.2, 0.25) is 0 Å². The van der Waals surface area contributed by atoms with Crippen LogP contribution in [0.3, 0.4) is 0 Å². The number of nitrogens with two attached hydrogens (primary N) is 3. The molecule has 0 unspecified atom stereocenters. The monoisotopic (exact) mass is 448 g/mol. The summed E-state index contributed by atoms with van der Waals surface area (Å²) < 4.78 is 13.2. The van der Waals surface area contributed by atoms with E-state index in [1.807, 2.05) is 0 Å². The van der Waals surface area contributed by atoms with Crippen molar-refractivity contribution >= 4 is 57.5 Å². The van der Waals surface area contributed by atoms with Crippen LogP contribution in [0.4, 0.5) is 17.8 Å². The Hall–Kier alpha value is -0.520. The van der Waals surface area contributed by atoms with Crippen molar-refractivity contribution in [2.24, 2.45) is 5.41 Å². The van der Waals surface area contributed by atoms with Gasteiger partial charge in [-0.05, 0) is 31.9 Å². The Bertz CT molecular complexity index is 482. The molecule has 0 aliphatic heterocycles. The van der Waals surface area contributed by atoms with E-state index in [0.717, 1.165) is 0 Å². The summed E-state index contributed by atoms with van der Waals surface area (Å²) in [5.74, 6) is 0.125. The second-order valence-electron chi connectivity index (χ2n) is 4.72. The second kappa shape index (κ2) is 7.16. The highest BCUT2D eigenvalue weighted by atomic mass is 79.9. The molecule has 21 heavy (non-hydrogen) atoms. The van der Waals surface area contributed by atoms with Gasteiger partial charge in [0, 0.05) is 5.41 Å². The smallest absolute Gasteiger partial charge is 0.226 e. The van der Waals surface area contributed by atoms with E-state index in [0.29, 0.717) is 0 Å². The molecule has 0 radical (unpaired) electrons. The maximum absolute atomic E-state index is 10.3. The maximum atomic E-state index is 10.3. The van der Waals surface area contributed by atoms with E-state index < -0.39 is 16.7 Å². The third kappa shape index (κ3) is 8.49. The number of halogens is 2. The highest BCUT2D eigenvalue weighted by molar-refractivity contribution is 9.25. The number of phosphoric ester groups is 1. The Kier molecular flexibility index (Phi) is 6.98. The lowest BCUT2D eigenvalue weighted by Crippen LogP contribution is -2.36. The second-order valence-corrected chi connectivity index (χ2v) is 9.09. The molecule has 0 saturated carbocycles. The van der Waals surface area contributed by atoms with Crippen molar-refractivity contribution in [2.75, 3.05) is 17.2 Å². The fourth-order valence-electron chi connectivity index (χ4n) is 0.704. The predicted molar refractivity (Wildman–Crippen MR) is 81.8 cm³/mol. The van der Waals surface area contributed by atoms with Gasteiger partial charge in [-0.1, -0.05) is 20.8 Å². The van der Waals surface area contributed by atoms with Crippen LogP contribution in [0, 0.1) is 5.41 Å². The summed E-state index contributed by atoms with van der Waals surface area (Å²) in [7, 11) is -4.98. The highest BCUT2D eigenvalue weighted by Crippen LogP contribution is 2.51. The Labute approximate surface area is 138 Å². The third-order valence-electron chi connectivity index (χ3n) is 1.79. The number of rotatable bonds is 2. The molecule has 6 N–H and O–H groups in total. The van der Waals surface area contributed by atoms with Gasteiger partial charge in [-0.25, -0.2) is 0 Å². The van der Waals surface area contributed by atoms with Crippen LogP contribution < -0.4 is 27.0 Å². The molecule has 1 aromatic rings. The Balaban J connectivity index is 0.000000394. The summed E-state index contributed by atoms with van der Waals surface area (Å²) in [4.78, 5) is 31.0. The van der Waals surface area contributed by atoms with Gasteiger partial charge in [-0.2, -0.15) is 15.0 Å². The molecule has 1 heterocycles. The SMILES string of the molecule is CC(C)(C)C(Br)(Br)OP(=O)([O-])[O-].Nc1nc(N)nc(N)n1. The van der Waals surface area contributed by atoms with Gasteiger partial charge in [-0.3, -0.25) is 0 Å². The van der Waals surface area contributed by atoms with E-state index in [9.17, 15) is 14.4 Å². The third-order valence-corrected chi connectivity index (χ3v) is 5.49. The molecule has 13 heteroatoms. The van der Waals surface area contributed by atoms with Gasteiger partial charge < -0.3 is 36.1 Å². The van der Waals surface area contributed by atoms with Gasteiger partial charge in [0.05, 0.1) is 7.82 Å². The summed E-state index contributed by atoms with van der Waals surface area (Å²) in [6.07, 6.45) is 0. The largest absolute Gasteiger partial charge is 0.790 e. The summed E-state index contributed by atoms with van der Waals surface area (Å²) >= 11 is 5.92. The van der Waals surface area contributed by atoms with Crippen molar-refractivity contribution in [1.29, 1.82) is 0 Å². The first kappa shape index (κ1) is 20.5. The number of hydrogen-bond donors (Lipinski definition) is 3. The number of nitrogens with zero attached hydrogens (tertiary/aromatic N) is 3. The lowest BCUT2D eigenvalue weighted by atomic mass is 9.99.